The zero-order chi connectivity index (χ0) is 20.9. The number of sulfonamides is 1. The van der Waals surface area contributed by atoms with Crippen molar-refractivity contribution in [3.8, 4) is 0 Å². The lowest BCUT2D eigenvalue weighted by Crippen LogP contribution is -2.54. The topological polar surface area (TPSA) is 92.1 Å². The standard InChI is InChI=1S/C18H34N6O3S.HI/c1-14(2)27-11-12-28(25,26)24-9-7-23(8-10-24)18(19-5)20-13-17-15(3)21-22(6)16(17)4;/h14H,7-13H2,1-6H3,(H,19,20);1H. The molecule has 1 fully saturated rings. The van der Waals surface area contributed by atoms with Gasteiger partial charge in [-0.15, -0.1) is 24.0 Å². The number of hydrogen-bond acceptors (Lipinski definition) is 5. The minimum Gasteiger partial charge on any atom is -0.378 e. The van der Waals surface area contributed by atoms with E-state index in [1.165, 1.54) is 0 Å². The second kappa shape index (κ2) is 11.5. The van der Waals surface area contributed by atoms with Crippen LogP contribution in [-0.4, -0.2) is 85.1 Å². The molecule has 0 aliphatic carbocycles. The highest BCUT2D eigenvalue weighted by molar-refractivity contribution is 14.0. The lowest BCUT2D eigenvalue weighted by molar-refractivity contribution is 0.0904. The third kappa shape index (κ3) is 7.07. The van der Waals surface area contributed by atoms with Gasteiger partial charge in [-0.25, -0.2) is 8.42 Å². The maximum absolute atomic E-state index is 12.5. The van der Waals surface area contributed by atoms with Crippen molar-refractivity contribution in [2.75, 3.05) is 45.6 Å². The Labute approximate surface area is 191 Å². The van der Waals surface area contributed by atoms with E-state index < -0.39 is 10.0 Å². The fourth-order valence-corrected chi connectivity index (χ4v) is 4.55. The van der Waals surface area contributed by atoms with Crippen molar-refractivity contribution >= 4 is 40.0 Å². The largest absolute Gasteiger partial charge is 0.378 e. The van der Waals surface area contributed by atoms with Crippen molar-refractivity contribution in [3.05, 3.63) is 17.0 Å². The summed E-state index contributed by atoms with van der Waals surface area (Å²) in [5.41, 5.74) is 3.29. The molecule has 0 amide bonds. The lowest BCUT2D eigenvalue weighted by atomic mass is 10.2. The molecule has 1 saturated heterocycles. The molecular formula is C18H35IN6O3S. The average Bonchev–Trinajstić information content (AvgIpc) is 2.88. The van der Waals surface area contributed by atoms with Gasteiger partial charge < -0.3 is 15.0 Å². The van der Waals surface area contributed by atoms with E-state index >= 15 is 0 Å². The molecule has 0 spiro atoms. The zero-order valence-corrected chi connectivity index (χ0v) is 21.5. The molecular weight excluding hydrogens is 507 g/mol. The number of nitrogens with one attached hydrogen (secondary N) is 1. The monoisotopic (exact) mass is 542 g/mol. The predicted molar refractivity (Wildman–Crippen MR) is 126 cm³/mol. The molecule has 1 aromatic heterocycles. The molecule has 1 aliphatic rings. The number of hydrogen-bond donors (Lipinski definition) is 1. The van der Waals surface area contributed by atoms with Crippen LogP contribution in [0.5, 0.6) is 0 Å². The van der Waals surface area contributed by atoms with E-state index in [2.05, 4.69) is 20.3 Å². The molecule has 0 atom stereocenters. The molecule has 11 heteroatoms. The van der Waals surface area contributed by atoms with E-state index in [-0.39, 0.29) is 42.4 Å². The third-order valence-corrected chi connectivity index (χ3v) is 6.85. The first-order valence-electron chi connectivity index (χ1n) is 9.69. The van der Waals surface area contributed by atoms with Crippen molar-refractivity contribution in [3.63, 3.8) is 0 Å². The molecule has 168 valence electrons. The quantitative estimate of drug-likeness (QED) is 0.315. The van der Waals surface area contributed by atoms with E-state index in [1.807, 2.05) is 39.4 Å². The predicted octanol–water partition coefficient (Wildman–Crippen LogP) is 1.10. The molecule has 0 unspecified atom stereocenters. The van der Waals surface area contributed by atoms with Crippen LogP contribution in [0.1, 0.15) is 30.8 Å². The van der Waals surface area contributed by atoms with Crippen LogP contribution in [0.4, 0.5) is 0 Å². The maximum Gasteiger partial charge on any atom is 0.216 e. The Morgan fingerprint density at radius 2 is 1.86 bits per heavy atom. The molecule has 2 rings (SSSR count). The first-order chi connectivity index (χ1) is 13.2. The Hall–Kier alpha value is -0.920. The van der Waals surface area contributed by atoms with Crippen LogP contribution in [0.15, 0.2) is 4.99 Å². The third-order valence-electron chi connectivity index (χ3n) is 5.02. The molecule has 2 heterocycles. The van der Waals surface area contributed by atoms with Gasteiger partial charge in [0.05, 0.1) is 24.2 Å². The van der Waals surface area contributed by atoms with Crippen molar-refractivity contribution in [1.29, 1.82) is 0 Å². The molecule has 1 aromatic rings. The number of rotatable bonds is 7. The van der Waals surface area contributed by atoms with E-state index in [1.54, 1.807) is 11.4 Å². The van der Waals surface area contributed by atoms with E-state index in [0.29, 0.717) is 32.7 Å². The van der Waals surface area contributed by atoms with Crippen LogP contribution in [0.25, 0.3) is 0 Å². The van der Waals surface area contributed by atoms with Crippen LogP contribution in [0, 0.1) is 13.8 Å². The minimum atomic E-state index is -3.29. The van der Waals surface area contributed by atoms with Crippen LogP contribution < -0.4 is 5.32 Å². The molecule has 9 nitrogen and oxygen atoms in total. The van der Waals surface area contributed by atoms with Crippen LogP contribution in [0.2, 0.25) is 0 Å². The fraction of sp³-hybridized carbons (Fsp3) is 0.778. The molecule has 29 heavy (non-hydrogen) atoms. The first kappa shape index (κ1) is 26.1. The van der Waals surface area contributed by atoms with Gasteiger partial charge in [-0.3, -0.25) is 9.67 Å². The highest BCUT2D eigenvalue weighted by Gasteiger charge is 2.28. The number of aryl methyl sites for hydroxylation is 2. The van der Waals surface area contributed by atoms with Gasteiger partial charge in [0.15, 0.2) is 5.96 Å². The van der Waals surface area contributed by atoms with Crippen LogP contribution in [0.3, 0.4) is 0 Å². The summed E-state index contributed by atoms with van der Waals surface area (Å²) in [6, 6.07) is 0. The van der Waals surface area contributed by atoms with Gasteiger partial charge in [0, 0.05) is 58.1 Å². The Bertz CT molecular complexity index is 786. The Morgan fingerprint density at radius 3 is 2.34 bits per heavy atom. The number of nitrogens with zero attached hydrogens (tertiary/aromatic N) is 5. The van der Waals surface area contributed by atoms with Gasteiger partial charge in [0.1, 0.15) is 0 Å². The smallest absolute Gasteiger partial charge is 0.216 e. The number of aromatic nitrogens is 2. The molecule has 0 bridgehead atoms. The summed E-state index contributed by atoms with van der Waals surface area (Å²) < 4.78 is 33.8. The van der Waals surface area contributed by atoms with E-state index in [9.17, 15) is 8.42 Å². The Balaban J connectivity index is 0.00000420. The summed E-state index contributed by atoms with van der Waals surface area (Å²) in [5.74, 6) is 0.806. The number of aliphatic imine (C=N–C) groups is 1. The van der Waals surface area contributed by atoms with Crippen molar-refractivity contribution in [2.24, 2.45) is 12.0 Å². The van der Waals surface area contributed by atoms with E-state index in [0.717, 1.165) is 22.9 Å². The molecule has 1 aliphatic heterocycles. The van der Waals surface area contributed by atoms with Crippen LogP contribution >= 0.6 is 24.0 Å². The van der Waals surface area contributed by atoms with Gasteiger partial charge in [0.25, 0.3) is 0 Å². The molecule has 1 N–H and O–H groups in total. The summed E-state index contributed by atoms with van der Waals surface area (Å²) in [4.78, 5) is 6.46. The molecule has 0 radical (unpaired) electrons. The van der Waals surface area contributed by atoms with Crippen LogP contribution in [-0.2, 0) is 28.4 Å². The number of piperazine rings is 1. The average molecular weight is 542 g/mol. The summed E-state index contributed by atoms with van der Waals surface area (Å²) in [6.45, 7) is 10.8. The Kier molecular flexibility index (Phi) is 10.3. The summed E-state index contributed by atoms with van der Waals surface area (Å²) >= 11 is 0. The second-order valence-electron chi connectivity index (χ2n) is 7.30. The van der Waals surface area contributed by atoms with Crippen molar-refractivity contribution in [2.45, 2.75) is 40.3 Å². The summed E-state index contributed by atoms with van der Waals surface area (Å²) in [7, 11) is 0.396. The highest BCUT2D eigenvalue weighted by Crippen LogP contribution is 2.12. The summed E-state index contributed by atoms with van der Waals surface area (Å²) in [6.07, 6.45) is 0.0357. The highest BCUT2D eigenvalue weighted by atomic mass is 127. The lowest BCUT2D eigenvalue weighted by Gasteiger charge is -2.35. The normalized spacial score (nSPS) is 16.2. The maximum atomic E-state index is 12.5. The van der Waals surface area contributed by atoms with Gasteiger partial charge in [-0.05, 0) is 27.7 Å². The van der Waals surface area contributed by atoms with Gasteiger partial charge >= 0.3 is 0 Å². The van der Waals surface area contributed by atoms with E-state index in [4.69, 9.17) is 4.74 Å². The Morgan fingerprint density at radius 1 is 1.24 bits per heavy atom. The summed E-state index contributed by atoms with van der Waals surface area (Å²) in [5, 5.41) is 7.82. The van der Waals surface area contributed by atoms with Gasteiger partial charge in [-0.2, -0.15) is 9.40 Å². The molecule has 0 aromatic carbocycles. The van der Waals surface area contributed by atoms with Gasteiger partial charge in [-0.1, -0.05) is 0 Å². The minimum absolute atomic E-state index is 0. The fourth-order valence-electron chi connectivity index (χ4n) is 3.27. The molecule has 0 saturated carbocycles. The second-order valence-corrected chi connectivity index (χ2v) is 9.38. The van der Waals surface area contributed by atoms with Crippen molar-refractivity contribution < 1.29 is 13.2 Å². The number of halogens is 1. The SMILES string of the molecule is CN=C(NCc1c(C)nn(C)c1C)N1CCN(S(=O)(=O)CCOC(C)C)CC1.I. The zero-order valence-electron chi connectivity index (χ0n) is 18.3. The first-order valence-corrected chi connectivity index (χ1v) is 11.3. The number of guanidine groups is 1. The van der Waals surface area contributed by atoms with Gasteiger partial charge in [0.2, 0.25) is 10.0 Å². The number of ether oxygens (including phenoxy) is 1. The van der Waals surface area contributed by atoms with Crippen molar-refractivity contribution in [1.82, 2.24) is 24.3 Å².